The van der Waals surface area contributed by atoms with Crippen molar-refractivity contribution in [3.8, 4) is 0 Å². The van der Waals surface area contributed by atoms with E-state index in [9.17, 15) is 13.6 Å². The first kappa shape index (κ1) is 23.5. The number of fused-ring (bicyclic) bond motifs is 1. The number of nitrogens with zero attached hydrogens (tertiary/aromatic N) is 3. The molecule has 186 valence electrons. The Morgan fingerprint density at radius 3 is 2.50 bits per heavy atom. The summed E-state index contributed by atoms with van der Waals surface area (Å²) in [7, 11) is 0. The van der Waals surface area contributed by atoms with Crippen molar-refractivity contribution in [3.05, 3.63) is 23.8 Å². The number of piperazine rings is 1. The lowest BCUT2D eigenvalue weighted by Gasteiger charge is -2.36. The third-order valence-corrected chi connectivity index (χ3v) is 7.78. The van der Waals surface area contributed by atoms with Crippen molar-refractivity contribution in [2.75, 3.05) is 50.8 Å². The number of rotatable bonds is 6. The lowest BCUT2D eigenvalue weighted by Crippen LogP contribution is -2.47. The summed E-state index contributed by atoms with van der Waals surface area (Å²) in [6.07, 6.45) is 7.33. The van der Waals surface area contributed by atoms with Crippen LogP contribution in [-0.2, 0) is 9.53 Å². The van der Waals surface area contributed by atoms with Gasteiger partial charge in [-0.2, -0.15) is 0 Å². The van der Waals surface area contributed by atoms with Gasteiger partial charge in [0.2, 0.25) is 11.5 Å². The number of nitrogens with one attached hydrogen (secondary N) is 1. The fraction of sp³-hybridized carbons (Fsp3) is 0.680. The van der Waals surface area contributed by atoms with Crippen LogP contribution in [0.25, 0.3) is 11.0 Å². The van der Waals surface area contributed by atoms with Gasteiger partial charge in [-0.15, -0.1) is 0 Å². The van der Waals surface area contributed by atoms with Crippen LogP contribution in [0.2, 0.25) is 0 Å². The minimum absolute atomic E-state index is 0.0124. The number of ether oxygens (including phenoxy) is 1. The number of anilines is 1. The van der Waals surface area contributed by atoms with Crippen molar-refractivity contribution in [3.63, 3.8) is 0 Å². The zero-order valence-electron chi connectivity index (χ0n) is 19.6. The van der Waals surface area contributed by atoms with Crippen LogP contribution >= 0.6 is 0 Å². The zero-order chi connectivity index (χ0) is 23.5. The van der Waals surface area contributed by atoms with Crippen molar-refractivity contribution in [1.82, 2.24) is 15.4 Å². The van der Waals surface area contributed by atoms with Gasteiger partial charge in [-0.25, -0.2) is 8.78 Å². The molecule has 0 unspecified atom stereocenters. The van der Waals surface area contributed by atoms with Crippen molar-refractivity contribution in [2.45, 2.75) is 51.0 Å². The number of carbonyl (C=O) groups is 1. The van der Waals surface area contributed by atoms with Gasteiger partial charge >= 0.3 is 0 Å². The topological polar surface area (TPSA) is 70.8 Å². The van der Waals surface area contributed by atoms with E-state index in [2.05, 4.69) is 15.4 Å². The predicted octanol–water partition coefficient (Wildman–Crippen LogP) is 3.72. The number of aromatic nitrogens is 1. The molecule has 7 nitrogen and oxygen atoms in total. The summed E-state index contributed by atoms with van der Waals surface area (Å²) in [4.78, 5) is 17.0. The molecule has 2 aromatic rings. The molecule has 1 aromatic heterocycles. The second kappa shape index (κ2) is 10.6. The van der Waals surface area contributed by atoms with E-state index in [1.807, 2.05) is 4.90 Å². The molecular weight excluding hydrogens is 442 g/mol. The molecule has 0 bridgehead atoms. The second-order valence-corrected chi connectivity index (χ2v) is 10.0. The molecule has 5 rings (SSSR count). The van der Waals surface area contributed by atoms with Crippen LogP contribution in [0.4, 0.5) is 14.6 Å². The molecule has 3 fully saturated rings. The van der Waals surface area contributed by atoms with Gasteiger partial charge in [0.25, 0.3) is 0 Å². The molecule has 1 N–H and O–H groups in total. The molecule has 0 radical (unpaired) electrons. The summed E-state index contributed by atoms with van der Waals surface area (Å²) in [5, 5.41) is 7.69. The third-order valence-electron chi connectivity index (χ3n) is 7.78. The molecule has 1 aliphatic carbocycles. The number of carbonyl (C=O) groups excluding carboxylic acids is 1. The van der Waals surface area contributed by atoms with E-state index in [0.717, 1.165) is 64.5 Å². The normalized spacial score (nSPS) is 25.1. The van der Waals surface area contributed by atoms with Crippen LogP contribution in [0.3, 0.4) is 0 Å². The lowest BCUT2D eigenvalue weighted by atomic mass is 9.83. The smallest absolute Gasteiger partial charge is 0.223 e. The Labute approximate surface area is 198 Å². The summed E-state index contributed by atoms with van der Waals surface area (Å²) in [6, 6.07) is 2.43. The van der Waals surface area contributed by atoms with E-state index in [-0.39, 0.29) is 17.4 Å². The van der Waals surface area contributed by atoms with E-state index in [1.165, 1.54) is 25.3 Å². The average Bonchev–Trinajstić information content (AvgIpc) is 3.29. The van der Waals surface area contributed by atoms with Gasteiger partial charge in [-0.1, -0.05) is 5.16 Å². The number of hydrogen-bond donors (Lipinski definition) is 1. The minimum Gasteiger partial charge on any atom is -0.381 e. The number of hydrogen-bond acceptors (Lipinski definition) is 6. The molecule has 9 heteroatoms. The second-order valence-electron chi connectivity index (χ2n) is 10.0. The molecule has 0 atom stereocenters. The Balaban J connectivity index is 1.03. The van der Waals surface area contributed by atoms with E-state index < -0.39 is 11.6 Å². The summed E-state index contributed by atoms with van der Waals surface area (Å²) in [5.41, 5.74) is 0.0124. The number of amides is 1. The van der Waals surface area contributed by atoms with Crippen LogP contribution in [0.1, 0.15) is 44.9 Å². The first-order valence-electron chi connectivity index (χ1n) is 12.7. The highest BCUT2D eigenvalue weighted by molar-refractivity contribution is 5.89. The van der Waals surface area contributed by atoms with Gasteiger partial charge in [-0.05, 0) is 63.5 Å². The van der Waals surface area contributed by atoms with E-state index in [1.54, 1.807) is 0 Å². The van der Waals surface area contributed by atoms with Crippen molar-refractivity contribution in [1.29, 1.82) is 0 Å². The van der Waals surface area contributed by atoms with Gasteiger partial charge in [0.15, 0.2) is 11.6 Å². The molecule has 3 heterocycles. The lowest BCUT2D eigenvalue weighted by molar-refractivity contribution is -0.128. The summed E-state index contributed by atoms with van der Waals surface area (Å²) >= 11 is 0. The molecule has 1 aromatic carbocycles. The van der Waals surface area contributed by atoms with Gasteiger partial charge < -0.3 is 19.5 Å². The maximum absolute atomic E-state index is 13.9. The van der Waals surface area contributed by atoms with E-state index in [4.69, 9.17) is 9.26 Å². The molecule has 3 aliphatic rings. The maximum atomic E-state index is 13.9. The number of halogens is 2. The predicted molar refractivity (Wildman–Crippen MR) is 125 cm³/mol. The Morgan fingerprint density at radius 2 is 1.76 bits per heavy atom. The third kappa shape index (κ3) is 5.35. The quantitative estimate of drug-likeness (QED) is 0.685. The summed E-state index contributed by atoms with van der Waals surface area (Å²) in [6.45, 7) is 5.75. The summed E-state index contributed by atoms with van der Waals surface area (Å²) < 4.78 is 38.1. The maximum Gasteiger partial charge on any atom is 0.223 e. The molecule has 0 spiro atoms. The average molecular weight is 477 g/mol. The van der Waals surface area contributed by atoms with Gasteiger partial charge in [-0.3, -0.25) is 9.69 Å². The zero-order valence-corrected chi connectivity index (χ0v) is 19.6. The molecular formula is C25H34F2N4O3. The SMILES string of the molecule is O=C(N[C@H]1CC[C@H](CCN2CCN(c3noc4c(F)cc(F)cc34)CC2)CC1)C1CCOCC1. The van der Waals surface area contributed by atoms with Crippen molar-refractivity contribution in [2.24, 2.45) is 11.8 Å². The van der Waals surface area contributed by atoms with Gasteiger partial charge in [0, 0.05) is 57.4 Å². The largest absolute Gasteiger partial charge is 0.381 e. The van der Waals surface area contributed by atoms with Crippen LogP contribution in [0.5, 0.6) is 0 Å². The standard InChI is InChI=1S/C25H34F2N4O3/c26-19-15-21-23(22(27)16-19)34-29-24(21)31-11-9-30(10-12-31)8-5-17-1-3-20(4-2-17)28-25(32)18-6-13-33-14-7-18/h15-18,20H,1-14H2,(H,28,32)/t17-,20-. The molecule has 1 saturated carbocycles. The monoisotopic (exact) mass is 476 g/mol. The van der Waals surface area contributed by atoms with Crippen LogP contribution in [-0.4, -0.2) is 67.9 Å². The van der Waals surface area contributed by atoms with Crippen LogP contribution < -0.4 is 10.2 Å². The van der Waals surface area contributed by atoms with E-state index in [0.29, 0.717) is 36.4 Å². The van der Waals surface area contributed by atoms with Crippen molar-refractivity contribution >= 4 is 22.7 Å². The fourth-order valence-electron chi connectivity index (χ4n) is 5.61. The Hall–Kier alpha value is -2.26. The molecule has 2 aliphatic heterocycles. The Kier molecular flexibility index (Phi) is 7.29. The highest BCUT2D eigenvalue weighted by Gasteiger charge is 2.28. The van der Waals surface area contributed by atoms with Gasteiger partial charge in [0.05, 0.1) is 5.39 Å². The van der Waals surface area contributed by atoms with Gasteiger partial charge in [0.1, 0.15) is 5.82 Å². The highest BCUT2D eigenvalue weighted by Crippen LogP contribution is 2.31. The Bertz CT molecular complexity index is 978. The first-order valence-corrected chi connectivity index (χ1v) is 12.7. The fourth-order valence-corrected chi connectivity index (χ4v) is 5.61. The number of benzene rings is 1. The Morgan fingerprint density at radius 1 is 1.03 bits per heavy atom. The molecule has 2 saturated heterocycles. The highest BCUT2D eigenvalue weighted by atomic mass is 19.1. The molecule has 1 amide bonds. The van der Waals surface area contributed by atoms with Crippen LogP contribution in [0.15, 0.2) is 16.7 Å². The summed E-state index contributed by atoms with van der Waals surface area (Å²) in [5.74, 6) is 0.235. The van der Waals surface area contributed by atoms with Crippen molar-refractivity contribution < 1.29 is 22.8 Å². The molecule has 34 heavy (non-hydrogen) atoms. The van der Waals surface area contributed by atoms with E-state index >= 15 is 0 Å². The minimum atomic E-state index is -0.717. The first-order chi connectivity index (χ1) is 16.6. The van der Waals surface area contributed by atoms with Crippen LogP contribution in [0, 0.1) is 23.5 Å².